The lowest BCUT2D eigenvalue weighted by atomic mass is 10.00. The highest BCUT2D eigenvalue weighted by Gasteiger charge is 2.29. The van der Waals surface area contributed by atoms with Gasteiger partial charge < -0.3 is 15.8 Å². The third kappa shape index (κ3) is 4.37. The lowest BCUT2D eigenvalue weighted by Gasteiger charge is -2.15. The van der Waals surface area contributed by atoms with Crippen LogP contribution in [0.25, 0.3) is 5.69 Å². The Kier molecular flexibility index (Phi) is 6.53. The fourth-order valence-electron chi connectivity index (χ4n) is 3.76. The van der Waals surface area contributed by atoms with E-state index in [4.69, 9.17) is 27.1 Å². The highest BCUT2D eigenvalue weighted by atomic mass is 35.5. The third-order valence-corrected chi connectivity index (χ3v) is 5.41. The number of nitrogens with one attached hydrogen (secondary N) is 1. The average molecular weight is 453 g/mol. The molecule has 0 bridgehead atoms. The van der Waals surface area contributed by atoms with Crippen molar-refractivity contribution in [3.8, 4) is 11.4 Å². The van der Waals surface area contributed by atoms with Gasteiger partial charge in [0.2, 0.25) is 5.91 Å². The fourth-order valence-corrected chi connectivity index (χ4v) is 3.89. The lowest BCUT2D eigenvalue weighted by molar-refractivity contribution is -0.121. The van der Waals surface area contributed by atoms with Crippen molar-refractivity contribution in [1.29, 1.82) is 0 Å². The monoisotopic (exact) mass is 452 g/mol. The molecule has 1 atom stereocenters. The van der Waals surface area contributed by atoms with Gasteiger partial charge >= 0.3 is 0 Å². The molecule has 4 rings (SSSR count). The van der Waals surface area contributed by atoms with E-state index in [-0.39, 0.29) is 12.3 Å². The molecule has 1 unspecified atom stereocenters. The van der Waals surface area contributed by atoms with Gasteiger partial charge in [-0.25, -0.2) is 0 Å². The number of hydrogen-bond donors (Lipinski definition) is 2. The second-order valence-electron chi connectivity index (χ2n) is 7.41. The summed E-state index contributed by atoms with van der Waals surface area (Å²) >= 11 is 6.13. The molecular weight excluding hydrogens is 428 g/mol. The van der Waals surface area contributed by atoms with Crippen LogP contribution in [-0.2, 0) is 4.79 Å². The summed E-state index contributed by atoms with van der Waals surface area (Å²) < 4.78 is 7.74. The summed E-state index contributed by atoms with van der Waals surface area (Å²) in [6, 6.07) is 12.8. The number of aromatic nitrogens is 3. The third-order valence-electron chi connectivity index (χ3n) is 5.15. The Balaban J connectivity index is 1.92. The fraction of sp³-hybridized carbons (Fsp3) is 0.304. The molecule has 0 saturated carbocycles. The predicted molar refractivity (Wildman–Crippen MR) is 124 cm³/mol. The zero-order chi connectivity index (χ0) is 22.7. The molecule has 2 heterocycles. The molecule has 0 spiro atoms. The summed E-state index contributed by atoms with van der Waals surface area (Å²) in [4.78, 5) is 17.5. The van der Waals surface area contributed by atoms with Crippen LogP contribution < -0.4 is 15.8 Å². The van der Waals surface area contributed by atoms with Crippen molar-refractivity contribution in [3.05, 3.63) is 70.3 Å². The molecule has 2 aromatic carbocycles. The van der Waals surface area contributed by atoms with E-state index < -0.39 is 6.04 Å². The number of rotatable bonds is 7. The Labute approximate surface area is 191 Å². The van der Waals surface area contributed by atoms with Crippen LogP contribution in [0.2, 0.25) is 5.02 Å². The number of ether oxygens (including phenoxy) is 1. The van der Waals surface area contributed by atoms with Gasteiger partial charge in [0, 0.05) is 29.2 Å². The average Bonchev–Trinajstić information content (AvgIpc) is 3.11. The van der Waals surface area contributed by atoms with Crippen molar-refractivity contribution in [2.24, 2.45) is 10.7 Å². The molecule has 1 aromatic heterocycles. The Hall–Kier alpha value is -3.23. The van der Waals surface area contributed by atoms with Gasteiger partial charge in [0.05, 0.1) is 17.8 Å². The maximum absolute atomic E-state index is 12.5. The van der Waals surface area contributed by atoms with E-state index in [1.54, 1.807) is 0 Å². The van der Waals surface area contributed by atoms with E-state index in [1.165, 1.54) is 0 Å². The van der Waals surface area contributed by atoms with Gasteiger partial charge in [0.25, 0.3) is 0 Å². The topological polar surface area (TPSA) is 107 Å². The minimum absolute atomic E-state index is 0.0955. The number of amides is 1. The highest BCUT2D eigenvalue weighted by molar-refractivity contribution is 6.30. The number of aryl methyl sites for hydroxylation is 1. The van der Waals surface area contributed by atoms with Crippen LogP contribution in [0.1, 0.15) is 42.2 Å². The van der Waals surface area contributed by atoms with E-state index in [2.05, 4.69) is 15.5 Å². The van der Waals surface area contributed by atoms with Gasteiger partial charge in [-0.15, -0.1) is 10.2 Å². The van der Waals surface area contributed by atoms with Crippen molar-refractivity contribution >= 4 is 23.2 Å². The number of benzene rings is 2. The molecule has 166 valence electrons. The summed E-state index contributed by atoms with van der Waals surface area (Å²) in [7, 11) is 0. The Morgan fingerprint density at radius 2 is 2.00 bits per heavy atom. The molecule has 1 aliphatic rings. The van der Waals surface area contributed by atoms with E-state index in [0.29, 0.717) is 42.1 Å². The van der Waals surface area contributed by atoms with Gasteiger partial charge in [-0.05, 0) is 44.2 Å². The summed E-state index contributed by atoms with van der Waals surface area (Å²) in [5.74, 6) is 1.92. The Morgan fingerprint density at radius 1 is 1.22 bits per heavy atom. The van der Waals surface area contributed by atoms with Gasteiger partial charge in [0.15, 0.2) is 5.82 Å². The van der Waals surface area contributed by atoms with Crippen LogP contribution >= 0.6 is 11.6 Å². The maximum atomic E-state index is 12.5. The molecule has 32 heavy (non-hydrogen) atoms. The molecular formula is C23H25ClN6O2. The zero-order valence-corrected chi connectivity index (χ0v) is 18.8. The molecule has 0 aliphatic carbocycles. The molecule has 0 fully saturated rings. The van der Waals surface area contributed by atoms with Crippen molar-refractivity contribution in [2.75, 3.05) is 19.7 Å². The summed E-state index contributed by atoms with van der Waals surface area (Å²) in [6.45, 7) is 5.14. The van der Waals surface area contributed by atoms with Crippen LogP contribution in [0.4, 0.5) is 0 Å². The normalized spacial score (nSPS) is 14.8. The number of carbonyl (C=O) groups is 1. The zero-order valence-electron chi connectivity index (χ0n) is 18.0. The lowest BCUT2D eigenvalue weighted by Crippen LogP contribution is -2.25. The van der Waals surface area contributed by atoms with E-state index in [0.717, 1.165) is 22.5 Å². The quantitative estimate of drug-likeness (QED) is 0.573. The SMILES string of the molecule is CCNC(=O)CC1N=C(c2ccc(Cl)cc2)c2cc(OCCN)ccc2-n2c(C)nnc21. The van der Waals surface area contributed by atoms with Crippen LogP contribution in [-0.4, -0.2) is 46.1 Å². The molecule has 0 radical (unpaired) electrons. The van der Waals surface area contributed by atoms with Gasteiger partial charge in [0.1, 0.15) is 24.2 Å². The highest BCUT2D eigenvalue weighted by Crippen LogP contribution is 2.34. The maximum Gasteiger partial charge on any atom is 0.222 e. The smallest absolute Gasteiger partial charge is 0.222 e. The van der Waals surface area contributed by atoms with Crippen molar-refractivity contribution in [1.82, 2.24) is 20.1 Å². The molecule has 3 N–H and O–H groups in total. The second kappa shape index (κ2) is 9.50. The number of nitrogens with zero attached hydrogens (tertiary/aromatic N) is 4. The summed E-state index contributed by atoms with van der Waals surface area (Å²) in [6.07, 6.45) is 0.160. The number of carbonyl (C=O) groups excluding carboxylic acids is 1. The molecule has 8 nitrogen and oxygen atoms in total. The predicted octanol–water partition coefficient (Wildman–Crippen LogP) is 2.98. The standard InChI is InChI=1S/C23H25ClN6O2/c1-3-26-21(31)13-19-23-29-28-14(2)30(23)20-9-8-17(32-11-10-25)12-18(20)22(27-19)15-4-6-16(24)7-5-15/h4-9,12,19H,3,10-11,13,25H2,1-2H3,(H,26,31). The van der Waals surface area contributed by atoms with Crippen LogP contribution in [0.5, 0.6) is 5.75 Å². The summed E-state index contributed by atoms with van der Waals surface area (Å²) in [5.41, 5.74) is 8.94. The number of aliphatic imine (C=N–C) groups is 1. The van der Waals surface area contributed by atoms with Crippen LogP contribution in [0, 0.1) is 6.92 Å². The first-order valence-corrected chi connectivity index (χ1v) is 10.9. The van der Waals surface area contributed by atoms with E-state index >= 15 is 0 Å². The number of nitrogens with two attached hydrogens (primary N) is 1. The van der Waals surface area contributed by atoms with Crippen molar-refractivity contribution in [3.63, 3.8) is 0 Å². The van der Waals surface area contributed by atoms with Gasteiger partial charge in [-0.2, -0.15) is 0 Å². The van der Waals surface area contributed by atoms with Crippen LogP contribution in [0.15, 0.2) is 47.5 Å². The summed E-state index contributed by atoms with van der Waals surface area (Å²) in [5, 5.41) is 12.1. The molecule has 9 heteroatoms. The largest absolute Gasteiger partial charge is 0.492 e. The first-order valence-electron chi connectivity index (χ1n) is 10.5. The number of halogens is 1. The van der Waals surface area contributed by atoms with E-state index in [9.17, 15) is 4.79 Å². The van der Waals surface area contributed by atoms with E-state index in [1.807, 2.05) is 60.9 Å². The Bertz CT molecular complexity index is 1160. The Morgan fingerprint density at radius 3 is 2.72 bits per heavy atom. The molecule has 1 aliphatic heterocycles. The van der Waals surface area contributed by atoms with Crippen molar-refractivity contribution in [2.45, 2.75) is 26.3 Å². The van der Waals surface area contributed by atoms with Gasteiger partial charge in [-0.1, -0.05) is 23.7 Å². The minimum atomic E-state index is -0.505. The molecule has 3 aromatic rings. The first-order chi connectivity index (χ1) is 15.5. The number of fused-ring (bicyclic) bond motifs is 3. The minimum Gasteiger partial charge on any atom is -0.492 e. The molecule has 1 amide bonds. The van der Waals surface area contributed by atoms with Crippen molar-refractivity contribution < 1.29 is 9.53 Å². The first kappa shape index (κ1) is 22.0. The number of hydrogen-bond acceptors (Lipinski definition) is 6. The second-order valence-corrected chi connectivity index (χ2v) is 7.85. The van der Waals surface area contributed by atoms with Gasteiger partial charge in [-0.3, -0.25) is 14.4 Å². The van der Waals surface area contributed by atoms with Crippen LogP contribution in [0.3, 0.4) is 0 Å². The molecule has 0 saturated heterocycles.